The quantitative estimate of drug-likeness (QED) is 0.475. The lowest BCUT2D eigenvalue weighted by molar-refractivity contribution is -0.143. The molecular formula is C28H46N4O6. The van der Waals surface area contributed by atoms with Gasteiger partial charge in [-0.25, -0.2) is 4.79 Å². The topological polar surface area (TPSA) is 134 Å². The van der Waals surface area contributed by atoms with Crippen LogP contribution in [0.1, 0.15) is 105 Å². The van der Waals surface area contributed by atoms with Crippen LogP contribution in [0.15, 0.2) is 0 Å². The van der Waals surface area contributed by atoms with Crippen molar-refractivity contribution in [2.45, 2.75) is 135 Å². The van der Waals surface area contributed by atoms with E-state index in [2.05, 4.69) is 16.0 Å². The average Bonchev–Trinajstić information content (AvgIpc) is 3.56. The molecule has 10 heteroatoms. The van der Waals surface area contributed by atoms with E-state index in [0.717, 1.165) is 57.8 Å². The van der Waals surface area contributed by atoms with Crippen molar-refractivity contribution < 1.29 is 28.7 Å². The Morgan fingerprint density at radius 3 is 2.08 bits per heavy atom. The summed E-state index contributed by atoms with van der Waals surface area (Å²) < 4.78 is 5.40. The Kier molecular flexibility index (Phi) is 10.6. The van der Waals surface area contributed by atoms with Crippen LogP contribution in [0.4, 0.5) is 4.79 Å². The highest BCUT2D eigenvalue weighted by Gasteiger charge is 2.43. The van der Waals surface area contributed by atoms with E-state index < -0.39 is 47.4 Å². The van der Waals surface area contributed by atoms with E-state index in [1.54, 1.807) is 20.8 Å². The number of ether oxygens (including phenoxy) is 1. The molecule has 2 saturated heterocycles. The minimum atomic E-state index is -0.922. The number of nitrogens with zero attached hydrogens (tertiary/aromatic N) is 1. The first-order valence-electron chi connectivity index (χ1n) is 14.4. The molecule has 0 radical (unpaired) electrons. The number of carbonyl (C=O) groups is 5. The van der Waals surface area contributed by atoms with Gasteiger partial charge < -0.3 is 25.6 Å². The minimum absolute atomic E-state index is 0.0470. The molecule has 1 saturated carbocycles. The van der Waals surface area contributed by atoms with Crippen molar-refractivity contribution in [1.82, 2.24) is 20.9 Å². The number of fused-ring (bicyclic) bond motifs is 1. The van der Waals surface area contributed by atoms with Crippen molar-refractivity contribution in [2.24, 2.45) is 5.92 Å². The summed E-state index contributed by atoms with van der Waals surface area (Å²) in [4.78, 5) is 66.8. The molecule has 38 heavy (non-hydrogen) atoms. The fourth-order valence-corrected chi connectivity index (χ4v) is 5.25. The fraction of sp³-hybridized carbons (Fsp3) is 0.821. The number of hydrogen-bond donors (Lipinski definition) is 3. The first-order chi connectivity index (χ1) is 18.0. The summed E-state index contributed by atoms with van der Waals surface area (Å²) in [7, 11) is 0. The van der Waals surface area contributed by atoms with Gasteiger partial charge in [-0.15, -0.1) is 0 Å². The number of hydrogen-bond acceptors (Lipinski definition) is 6. The highest BCUT2D eigenvalue weighted by Crippen LogP contribution is 2.27. The van der Waals surface area contributed by atoms with Gasteiger partial charge in [0.05, 0.1) is 6.04 Å². The zero-order chi connectivity index (χ0) is 27.9. The molecular weight excluding hydrogens is 488 g/mol. The van der Waals surface area contributed by atoms with E-state index in [9.17, 15) is 24.0 Å². The van der Waals surface area contributed by atoms with E-state index >= 15 is 0 Å². The van der Waals surface area contributed by atoms with Crippen LogP contribution in [0.3, 0.4) is 0 Å². The number of carbonyl (C=O) groups excluding carboxylic acids is 5. The standard InChI is InChI=1S/C28H46N4O6/c1-18-16-17-32-22(18)24(34)30-20(23(33)25(35)29-19-14-15-19)12-10-8-6-5-7-9-11-13-21(26(32)36)31-27(37)38-28(2,3)4/h18-22H,5-17H2,1-4H3,(H,29,35)(H,30,34)(H,31,37)/t18-,20-,21-,22-/m0/s1. The summed E-state index contributed by atoms with van der Waals surface area (Å²) >= 11 is 0. The van der Waals surface area contributed by atoms with Gasteiger partial charge in [-0.3, -0.25) is 19.2 Å². The molecule has 2 heterocycles. The van der Waals surface area contributed by atoms with Crippen molar-refractivity contribution >= 4 is 29.6 Å². The number of alkyl carbamates (subject to hydrolysis) is 1. The summed E-state index contributed by atoms with van der Waals surface area (Å²) in [6, 6.07) is -2.46. The second-order valence-corrected chi connectivity index (χ2v) is 12.2. The normalized spacial score (nSPS) is 28.2. The third kappa shape index (κ3) is 8.98. The van der Waals surface area contributed by atoms with E-state index in [4.69, 9.17) is 4.74 Å². The molecule has 4 amide bonds. The molecule has 1 aliphatic carbocycles. The molecule has 10 nitrogen and oxygen atoms in total. The van der Waals surface area contributed by atoms with Gasteiger partial charge in [0.25, 0.3) is 5.91 Å². The molecule has 3 fully saturated rings. The van der Waals surface area contributed by atoms with Crippen molar-refractivity contribution in [3.05, 3.63) is 0 Å². The molecule has 0 aromatic rings. The van der Waals surface area contributed by atoms with Gasteiger partial charge in [0.1, 0.15) is 17.7 Å². The largest absolute Gasteiger partial charge is 0.444 e. The summed E-state index contributed by atoms with van der Waals surface area (Å²) in [5, 5.41) is 8.30. The van der Waals surface area contributed by atoms with Crippen LogP contribution in [0.25, 0.3) is 0 Å². The number of Topliss-reactive ketones (excluding diaryl/α,β-unsaturated/α-hetero) is 1. The Bertz CT molecular complexity index is 881. The molecule has 214 valence electrons. The predicted octanol–water partition coefficient (Wildman–Crippen LogP) is 2.97. The Hall–Kier alpha value is -2.65. The Morgan fingerprint density at radius 1 is 0.868 bits per heavy atom. The van der Waals surface area contributed by atoms with Gasteiger partial charge in [-0.05, 0) is 58.8 Å². The monoisotopic (exact) mass is 534 g/mol. The van der Waals surface area contributed by atoms with Crippen molar-refractivity contribution in [3.63, 3.8) is 0 Å². The first-order valence-corrected chi connectivity index (χ1v) is 14.4. The zero-order valence-corrected chi connectivity index (χ0v) is 23.5. The van der Waals surface area contributed by atoms with Gasteiger partial charge in [0.2, 0.25) is 17.6 Å². The Morgan fingerprint density at radius 2 is 1.47 bits per heavy atom. The van der Waals surface area contributed by atoms with Crippen LogP contribution in [-0.4, -0.2) is 70.8 Å². The molecule has 0 aromatic heterocycles. The highest BCUT2D eigenvalue weighted by atomic mass is 16.6. The Balaban J connectivity index is 1.79. The van der Waals surface area contributed by atoms with Gasteiger partial charge in [0, 0.05) is 12.6 Å². The molecule has 3 aliphatic rings. The smallest absolute Gasteiger partial charge is 0.408 e. The molecule has 0 unspecified atom stereocenters. The summed E-state index contributed by atoms with van der Waals surface area (Å²) in [6.45, 7) is 7.57. The lowest BCUT2D eigenvalue weighted by Gasteiger charge is -2.31. The van der Waals surface area contributed by atoms with E-state index in [1.165, 1.54) is 4.90 Å². The van der Waals surface area contributed by atoms with Gasteiger partial charge in [-0.1, -0.05) is 51.9 Å². The third-order valence-corrected chi connectivity index (χ3v) is 7.50. The number of amides is 4. The van der Waals surface area contributed by atoms with Gasteiger partial charge in [0.15, 0.2) is 0 Å². The predicted molar refractivity (Wildman–Crippen MR) is 142 cm³/mol. The third-order valence-electron chi connectivity index (χ3n) is 7.50. The molecule has 3 rings (SSSR count). The zero-order valence-electron chi connectivity index (χ0n) is 23.5. The molecule has 0 aromatic carbocycles. The lowest BCUT2D eigenvalue weighted by atomic mass is 9.97. The second kappa shape index (κ2) is 13.4. The molecule has 3 N–H and O–H groups in total. The van der Waals surface area contributed by atoms with Crippen LogP contribution >= 0.6 is 0 Å². The fourth-order valence-electron chi connectivity index (χ4n) is 5.25. The van der Waals surface area contributed by atoms with Crippen molar-refractivity contribution in [1.29, 1.82) is 0 Å². The van der Waals surface area contributed by atoms with Crippen LogP contribution in [0, 0.1) is 5.92 Å². The van der Waals surface area contributed by atoms with E-state index in [1.807, 2.05) is 6.92 Å². The maximum atomic E-state index is 13.7. The second-order valence-electron chi connectivity index (χ2n) is 12.2. The number of ketones is 1. The molecule has 0 bridgehead atoms. The van der Waals surface area contributed by atoms with Crippen LogP contribution < -0.4 is 16.0 Å². The molecule has 2 aliphatic heterocycles. The maximum Gasteiger partial charge on any atom is 0.408 e. The van der Waals surface area contributed by atoms with Crippen LogP contribution in [0.5, 0.6) is 0 Å². The SMILES string of the molecule is C[C@H]1CCN2C(=O)[C@@H](NC(=O)OC(C)(C)C)CCCCCCCCC[C@@H](C(=O)C(=O)NC3CC3)NC(=O)[C@H]12. The molecule has 4 atom stereocenters. The summed E-state index contributed by atoms with van der Waals surface area (Å²) in [6.07, 6.45) is 8.94. The highest BCUT2D eigenvalue weighted by molar-refractivity contribution is 6.38. The van der Waals surface area contributed by atoms with Gasteiger partial charge >= 0.3 is 6.09 Å². The lowest BCUT2D eigenvalue weighted by Crippen LogP contribution is -2.57. The van der Waals surface area contributed by atoms with E-state index in [-0.39, 0.29) is 17.9 Å². The van der Waals surface area contributed by atoms with Crippen LogP contribution in [-0.2, 0) is 23.9 Å². The number of nitrogens with one attached hydrogen (secondary N) is 3. The van der Waals surface area contributed by atoms with Gasteiger partial charge in [-0.2, -0.15) is 0 Å². The summed E-state index contributed by atoms with van der Waals surface area (Å²) in [5.41, 5.74) is -0.705. The van der Waals surface area contributed by atoms with Crippen LogP contribution in [0.2, 0.25) is 0 Å². The average molecular weight is 535 g/mol. The van der Waals surface area contributed by atoms with Crippen molar-refractivity contribution in [3.8, 4) is 0 Å². The number of rotatable bonds is 4. The minimum Gasteiger partial charge on any atom is -0.444 e. The Labute approximate surface area is 226 Å². The maximum absolute atomic E-state index is 13.7. The first kappa shape index (κ1) is 29.9. The van der Waals surface area contributed by atoms with E-state index in [0.29, 0.717) is 25.8 Å². The van der Waals surface area contributed by atoms with Crippen molar-refractivity contribution in [2.75, 3.05) is 6.54 Å². The summed E-state index contributed by atoms with van der Waals surface area (Å²) in [5.74, 6) is -2.15. The molecule has 0 spiro atoms.